The van der Waals surface area contributed by atoms with Crippen molar-refractivity contribution in [2.75, 3.05) is 25.5 Å². The number of nitrogens with one attached hydrogen (secondary N) is 1. The number of hydrogen-bond donors (Lipinski definition) is 2. The molecule has 1 saturated heterocycles. The molecule has 1 aromatic rings. The molecular weight excluding hydrogens is 264 g/mol. The van der Waals surface area contributed by atoms with Crippen molar-refractivity contribution >= 4 is 17.4 Å². The van der Waals surface area contributed by atoms with E-state index in [0.717, 1.165) is 0 Å². The zero-order chi connectivity index (χ0) is 13.3. The molecule has 3 N–H and O–H groups in total. The van der Waals surface area contributed by atoms with Gasteiger partial charge in [0, 0.05) is 18.3 Å². The lowest BCUT2D eigenvalue weighted by atomic mass is 10.1. The van der Waals surface area contributed by atoms with Crippen LogP contribution in [0.5, 0.6) is 0 Å². The molecule has 1 fully saturated rings. The summed E-state index contributed by atoms with van der Waals surface area (Å²) in [6, 6.07) is 1.25. The van der Waals surface area contributed by atoms with Gasteiger partial charge in [0.05, 0.1) is 13.1 Å². The summed E-state index contributed by atoms with van der Waals surface area (Å²) in [5, 5.41) is 10.2. The zero-order valence-electron chi connectivity index (χ0n) is 9.83. The molecule has 100 valence electrons. The van der Waals surface area contributed by atoms with Gasteiger partial charge in [-0.2, -0.15) is 0 Å². The molecule has 1 aliphatic rings. The fraction of sp³-hybridized carbons (Fsp3) is 0.600. The highest BCUT2D eigenvalue weighted by Gasteiger charge is 2.37. The van der Waals surface area contributed by atoms with E-state index in [1.807, 2.05) is 0 Å². The summed E-state index contributed by atoms with van der Waals surface area (Å²) in [6.07, 6.45) is 0. The number of aromatic nitrogens is 2. The van der Waals surface area contributed by atoms with Crippen LogP contribution in [-0.4, -0.2) is 40.8 Å². The van der Waals surface area contributed by atoms with Gasteiger partial charge in [-0.1, -0.05) is 11.6 Å². The summed E-state index contributed by atoms with van der Waals surface area (Å²) in [5.74, 6) is -2.52. The Labute approximate surface area is 108 Å². The Morgan fingerprint density at radius 2 is 2.28 bits per heavy atom. The predicted octanol–water partition coefficient (Wildman–Crippen LogP) is 1.27. The maximum absolute atomic E-state index is 13.3. The maximum atomic E-state index is 13.3. The van der Waals surface area contributed by atoms with E-state index in [2.05, 4.69) is 15.5 Å². The Bertz CT molecular complexity index is 442. The van der Waals surface area contributed by atoms with Gasteiger partial charge in [0.1, 0.15) is 5.82 Å². The van der Waals surface area contributed by atoms with E-state index in [9.17, 15) is 8.78 Å². The minimum absolute atomic E-state index is 0.186. The molecule has 8 heteroatoms. The average Bonchev–Trinajstić information content (AvgIpc) is 2.30. The molecule has 0 radical (unpaired) electrons. The summed E-state index contributed by atoms with van der Waals surface area (Å²) in [4.78, 5) is 1.59. The van der Waals surface area contributed by atoms with Crippen LogP contribution in [0.3, 0.4) is 0 Å². The summed E-state index contributed by atoms with van der Waals surface area (Å²) in [7, 11) is 0. The number of halogens is 3. The van der Waals surface area contributed by atoms with E-state index in [1.165, 1.54) is 0 Å². The predicted molar refractivity (Wildman–Crippen MR) is 64.4 cm³/mol. The number of nitrogens with two attached hydrogens (primary N) is 1. The van der Waals surface area contributed by atoms with Crippen LogP contribution < -0.4 is 11.1 Å². The summed E-state index contributed by atoms with van der Waals surface area (Å²) < 4.78 is 26.6. The first kappa shape index (κ1) is 13.4. The van der Waals surface area contributed by atoms with Crippen molar-refractivity contribution in [3.63, 3.8) is 0 Å². The molecule has 2 rings (SSSR count). The van der Waals surface area contributed by atoms with E-state index in [0.29, 0.717) is 12.2 Å². The Balaban J connectivity index is 2.20. The Morgan fingerprint density at radius 3 is 2.94 bits per heavy atom. The molecule has 0 saturated carbocycles. The number of alkyl halides is 2. The van der Waals surface area contributed by atoms with Crippen LogP contribution in [0.25, 0.3) is 0 Å². The molecule has 0 bridgehead atoms. The van der Waals surface area contributed by atoms with Gasteiger partial charge in [-0.25, -0.2) is 8.78 Å². The highest BCUT2D eigenvalue weighted by atomic mass is 35.5. The first-order valence-electron chi connectivity index (χ1n) is 5.50. The molecule has 2 heterocycles. The van der Waals surface area contributed by atoms with Gasteiger partial charge < -0.3 is 5.73 Å². The number of anilines is 1. The van der Waals surface area contributed by atoms with E-state index in [4.69, 9.17) is 17.3 Å². The lowest BCUT2D eigenvalue weighted by Gasteiger charge is -2.37. The van der Waals surface area contributed by atoms with Crippen LogP contribution in [0, 0.1) is 0 Å². The van der Waals surface area contributed by atoms with Gasteiger partial charge in [-0.3, -0.25) is 10.2 Å². The van der Waals surface area contributed by atoms with Gasteiger partial charge in [-0.15, -0.1) is 10.2 Å². The molecular formula is C10H14ClF2N5. The molecule has 1 atom stereocenters. The second-order valence-electron chi connectivity index (χ2n) is 4.38. The Kier molecular flexibility index (Phi) is 3.65. The standard InChI is InChI=1S/C10H14ClF2N5/c1-6(7-2-8(14)16-17-9(7)11)18-4-10(12,13)3-15-5-18/h2,6,15H,3-5H2,1H3,(H2,14,16)/t6-/m1/s1. The first-order valence-corrected chi connectivity index (χ1v) is 5.88. The lowest BCUT2D eigenvalue weighted by molar-refractivity contribution is -0.0688. The number of nitrogen functional groups attached to an aromatic ring is 1. The smallest absolute Gasteiger partial charge is 0.272 e. The third-order valence-electron chi connectivity index (χ3n) is 2.93. The fourth-order valence-electron chi connectivity index (χ4n) is 1.96. The van der Waals surface area contributed by atoms with E-state index < -0.39 is 5.92 Å². The van der Waals surface area contributed by atoms with Gasteiger partial charge >= 0.3 is 0 Å². The summed E-state index contributed by atoms with van der Waals surface area (Å²) in [6.45, 7) is 1.53. The molecule has 0 aliphatic carbocycles. The molecule has 5 nitrogen and oxygen atoms in total. The van der Waals surface area contributed by atoms with Gasteiger partial charge in [0.2, 0.25) is 0 Å². The second kappa shape index (κ2) is 4.91. The SMILES string of the molecule is C[C@H](c1cc(N)nnc1Cl)N1CNCC(F)(F)C1. The largest absolute Gasteiger partial charge is 0.382 e. The molecule has 1 aromatic heterocycles. The van der Waals surface area contributed by atoms with E-state index >= 15 is 0 Å². The number of hydrogen-bond acceptors (Lipinski definition) is 5. The molecule has 18 heavy (non-hydrogen) atoms. The van der Waals surface area contributed by atoms with Crippen LogP contribution in [0.15, 0.2) is 6.07 Å². The van der Waals surface area contributed by atoms with Crippen molar-refractivity contribution in [3.8, 4) is 0 Å². The highest BCUT2D eigenvalue weighted by Crippen LogP contribution is 2.29. The lowest BCUT2D eigenvalue weighted by Crippen LogP contribution is -2.54. The van der Waals surface area contributed by atoms with Crippen molar-refractivity contribution in [2.45, 2.75) is 18.9 Å². The Morgan fingerprint density at radius 1 is 1.56 bits per heavy atom. The molecule has 0 amide bonds. The van der Waals surface area contributed by atoms with Crippen molar-refractivity contribution in [1.29, 1.82) is 0 Å². The molecule has 0 spiro atoms. The molecule has 0 aromatic carbocycles. The van der Waals surface area contributed by atoms with Crippen molar-refractivity contribution < 1.29 is 8.78 Å². The highest BCUT2D eigenvalue weighted by molar-refractivity contribution is 6.30. The van der Waals surface area contributed by atoms with Crippen LogP contribution >= 0.6 is 11.6 Å². The van der Waals surface area contributed by atoms with Crippen molar-refractivity contribution in [2.24, 2.45) is 0 Å². The third kappa shape index (κ3) is 2.85. The summed E-state index contributed by atoms with van der Waals surface area (Å²) >= 11 is 5.92. The fourth-order valence-corrected chi connectivity index (χ4v) is 2.21. The number of nitrogens with zero attached hydrogens (tertiary/aromatic N) is 3. The molecule has 1 aliphatic heterocycles. The first-order chi connectivity index (χ1) is 8.39. The monoisotopic (exact) mass is 277 g/mol. The topological polar surface area (TPSA) is 67.1 Å². The van der Waals surface area contributed by atoms with Gasteiger partial charge in [0.25, 0.3) is 5.92 Å². The quantitative estimate of drug-likeness (QED) is 0.852. The van der Waals surface area contributed by atoms with Crippen LogP contribution in [0.1, 0.15) is 18.5 Å². The van der Waals surface area contributed by atoms with Crippen molar-refractivity contribution in [1.82, 2.24) is 20.4 Å². The van der Waals surface area contributed by atoms with Gasteiger partial charge in [-0.05, 0) is 13.0 Å². The van der Waals surface area contributed by atoms with Crippen LogP contribution in [0.2, 0.25) is 5.15 Å². The maximum Gasteiger partial charge on any atom is 0.272 e. The Hall–Kier alpha value is -1.05. The van der Waals surface area contributed by atoms with E-state index in [-0.39, 0.29) is 30.1 Å². The van der Waals surface area contributed by atoms with Crippen molar-refractivity contribution in [3.05, 3.63) is 16.8 Å². The van der Waals surface area contributed by atoms with E-state index in [1.54, 1.807) is 17.9 Å². The minimum atomic E-state index is -2.75. The third-order valence-corrected chi connectivity index (χ3v) is 3.22. The molecule has 0 unspecified atom stereocenters. The zero-order valence-corrected chi connectivity index (χ0v) is 10.6. The van der Waals surface area contributed by atoms with Crippen LogP contribution in [0.4, 0.5) is 14.6 Å². The van der Waals surface area contributed by atoms with Crippen LogP contribution in [-0.2, 0) is 0 Å². The number of rotatable bonds is 2. The average molecular weight is 278 g/mol. The minimum Gasteiger partial charge on any atom is -0.382 e. The second-order valence-corrected chi connectivity index (χ2v) is 4.74. The normalized spacial score (nSPS) is 21.8. The van der Waals surface area contributed by atoms with Gasteiger partial charge in [0.15, 0.2) is 5.15 Å². The summed E-state index contributed by atoms with van der Waals surface area (Å²) in [5.41, 5.74) is 6.13.